The molecule has 2 heteroatoms. The van der Waals surface area contributed by atoms with E-state index in [9.17, 15) is 19.2 Å². The van der Waals surface area contributed by atoms with E-state index in [1.807, 2.05) is 0 Å². The summed E-state index contributed by atoms with van der Waals surface area (Å²) in [7, 11) is 0. The Morgan fingerprint density at radius 3 is 1.48 bits per heavy atom. The first-order valence-electron chi connectivity index (χ1n) is 31.1. The molecule has 0 atom stereocenters. The zero-order valence-corrected chi connectivity index (χ0v) is 26.8. The topological polar surface area (TPSA) is 26.3 Å². The zero-order valence-electron chi connectivity index (χ0n) is 56.8. The fraction of sp³-hybridized carbons (Fsp3) is 0. The molecule has 0 aliphatic carbocycles. The van der Waals surface area contributed by atoms with Crippen LogP contribution in [0, 0.1) is 0 Å². The highest BCUT2D eigenvalue weighted by Gasteiger charge is 2.20. The standard InChI is InChI=1S/C52H30O2/c1-3-11-33-27-37(19-17-31(33)9-1)49-40-14-5-6-15-41(40)50(38-20-18-32-10-2-4-12-34(32)28-38)44-29-35(21-23-42(44)49)36-22-25-47-45(30-36)51-48(53-47)26-24-43-39-13-7-8-16-46(39)54-52(43)51/h1-30H/i1D,2D,3D,4D,5D,6D,7D,8D,9D,10D,11D,12D,13D,14D,15D,16D,17D,18D,19D,20D,21D,22D,23D,24D,25D,26D,27D,28D,29D,30D. The van der Waals surface area contributed by atoms with Crippen molar-refractivity contribution in [1.29, 1.82) is 0 Å². The monoisotopic (exact) mass is 716 g/mol. The molecule has 0 spiro atoms. The van der Waals surface area contributed by atoms with Crippen LogP contribution in [0.25, 0.3) is 120 Å². The van der Waals surface area contributed by atoms with E-state index in [1.165, 1.54) is 0 Å². The van der Waals surface area contributed by atoms with E-state index >= 15 is 0 Å². The van der Waals surface area contributed by atoms with Gasteiger partial charge in [0, 0.05) is 16.2 Å². The van der Waals surface area contributed by atoms with Crippen LogP contribution in [0.5, 0.6) is 0 Å². The third-order valence-electron chi connectivity index (χ3n) is 9.07. The first kappa shape index (κ1) is 12.8. The molecule has 0 unspecified atom stereocenters. The van der Waals surface area contributed by atoms with Crippen LogP contribution in [-0.2, 0) is 0 Å². The van der Waals surface area contributed by atoms with Gasteiger partial charge in [0.15, 0.2) is 0 Å². The first-order chi connectivity index (χ1) is 39.3. The number of rotatable bonds is 3. The van der Waals surface area contributed by atoms with E-state index < -0.39 is 291 Å². The van der Waals surface area contributed by atoms with E-state index in [-0.39, 0.29) is 10.8 Å². The average Bonchev–Trinajstić information content (AvgIpc) is 0.983. The Labute approximate surface area is 352 Å². The summed E-state index contributed by atoms with van der Waals surface area (Å²) in [6.07, 6.45) is 0. The van der Waals surface area contributed by atoms with Crippen LogP contribution in [0.4, 0.5) is 0 Å². The highest BCUT2D eigenvalue weighted by atomic mass is 16.3. The van der Waals surface area contributed by atoms with E-state index in [2.05, 4.69) is 0 Å². The Balaban J connectivity index is 1.38. The average molecular weight is 717 g/mol. The van der Waals surface area contributed by atoms with Crippen molar-refractivity contribution in [3.05, 3.63) is 181 Å². The van der Waals surface area contributed by atoms with Crippen molar-refractivity contribution in [2.45, 2.75) is 0 Å². The molecule has 0 aliphatic rings. The minimum atomic E-state index is -1.15. The van der Waals surface area contributed by atoms with Gasteiger partial charge in [0.2, 0.25) is 0 Å². The second-order valence-electron chi connectivity index (χ2n) is 12.0. The zero-order chi connectivity index (χ0) is 61.4. The molecule has 0 fully saturated rings. The molecular formula is C52H30O2. The smallest absolute Gasteiger partial charge is 0.147 e. The van der Waals surface area contributed by atoms with Crippen LogP contribution in [0.3, 0.4) is 0 Å². The maximum Gasteiger partial charge on any atom is 0.147 e. The fourth-order valence-corrected chi connectivity index (χ4v) is 6.73. The second kappa shape index (κ2) is 11.2. The summed E-state index contributed by atoms with van der Waals surface area (Å²) in [5, 5.41) is -7.66. The summed E-state index contributed by atoms with van der Waals surface area (Å²) in [5.41, 5.74) is -7.30. The lowest BCUT2D eigenvalue weighted by atomic mass is 9.84. The van der Waals surface area contributed by atoms with Crippen LogP contribution in [-0.4, -0.2) is 0 Å². The highest BCUT2D eigenvalue weighted by molar-refractivity contribution is 6.24. The lowest BCUT2D eigenvalue weighted by Crippen LogP contribution is -1.92. The van der Waals surface area contributed by atoms with Crippen molar-refractivity contribution in [3.8, 4) is 33.4 Å². The predicted molar refractivity (Wildman–Crippen MR) is 227 cm³/mol. The maximum absolute atomic E-state index is 10.4. The third kappa shape index (κ3) is 4.28. The molecule has 0 saturated carbocycles. The lowest BCUT2D eigenvalue weighted by molar-refractivity contribution is 0.663. The summed E-state index contributed by atoms with van der Waals surface area (Å²) in [6.45, 7) is 0. The highest BCUT2D eigenvalue weighted by Crippen LogP contribution is 2.46. The lowest BCUT2D eigenvalue weighted by Gasteiger charge is -2.19. The molecular weight excluding hydrogens is 657 g/mol. The molecule has 0 bridgehead atoms. The quantitative estimate of drug-likeness (QED) is 0.170. The molecule has 2 nitrogen and oxygen atoms in total. The van der Waals surface area contributed by atoms with Crippen LogP contribution in [0.2, 0.25) is 0 Å². The van der Waals surface area contributed by atoms with Gasteiger partial charge >= 0.3 is 0 Å². The Kier molecular flexibility index (Phi) is 2.64. The Morgan fingerprint density at radius 1 is 0.296 bits per heavy atom. The Hall–Kier alpha value is -7.16. The van der Waals surface area contributed by atoms with Crippen LogP contribution in [0.15, 0.2) is 190 Å². The molecule has 250 valence electrons. The van der Waals surface area contributed by atoms with E-state index in [1.54, 1.807) is 0 Å². The molecule has 0 amide bonds. The SMILES string of the molecule is [2H]c1c([2H])c([2H])c2c(oc3c2c([2H])c([2H])c2oc4c([2H])c([2H])c(-c5c([2H])c([2H])c6c(-c7c([2H])c([2H])c8c([2H])c([2H])c([2H])c([2H])c8c7[2H])c7c([2H])c([2H])c([2H])c([2H])c7c(-c7c([2H])c([2H])c8c([2H])c([2H])c([2H])c([2H])c8c7[2H])c6c5[2H])c([2H])c4c23)c1[2H]. The predicted octanol–water partition coefficient (Wildman–Crippen LogP) is 15.1. The van der Waals surface area contributed by atoms with Crippen molar-refractivity contribution < 1.29 is 50.0 Å². The van der Waals surface area contributed by atoms with Gasteiger partial charge in [0.05, 0.1) is 46.5 Å². The minimum absolute atomic E-state index is 0.344. The Morgan fingerprint density at radius 2 is 0.778 bits per heavy atom. The van der Waals surface area contributed by atoms with E-state index in [4.69, 9.17) is 30.8 Å². The molecule has 2 heterocycles. The maximum atomic E-state index is 10.4. The minimum Gasteiger partial charge on any atom is -0.456 e. The van der Waals surface area contributed by atoms with Crippen molar-refractivity contribution in [1.82, 2.24) is 0 Å². The first-order valence-corrected chi connectivity index (χ1v) is 16.1. The van der Waals surface area contributed by atoms with Crippen molar-refractivity contribution >= 4 is 87.0 Å². The third-order valence-corrected chi connectivity index (χ3v) is 9.07. The van der Waals surface area contributed by atoms with Gasteiger partial charge in [0.1, 0.15) is 22.3 Å². The summed E-state index contributed by atoms with van der Waals surface area (Å²) in [4.78, 5) is 0. The largest absolute Gasteiger partial charge is 0.456 e. The van der Waals surface area contributed by atoms with Gasteiger partial charge in [-0.2, -0.15) is 0 Å². The number of fused-ring (bicyclic) bond motifs is 11. The van der Waals surface area contributed by atoms with Gasteiger partial charge in [0.25, 0.3) is 0 Å². The van der Waals surface area contributed by atoms with Gasteiger partial charge < -0.3 is 8.83 Å². The van der Waals surface area contributed by atoms with Gasteiger partial charge in [-0.15, -0.1) is 0 Å². The number of furan rings is 2. The fourth-order valence-electron chi connectivity index (χ4n) is 6.73. The molecule has 12 aromatic rings. The molecule has 10 aromatic carbocycles. The summed E-state index contributed by atoms with van der Waals surface area (Å²) in [6, 6.07) is -27.9. The number of para-hydroxylation sites is 1. The van der Waals surface area contributed by atoms with Crippen molar-refractivity contribution in [2.24, 2.45) is 0 Å². The molecule has 0 saturated heterocycles. The van der Waals surface area contributed by atoms with Crippen molar-refractivity contribution in [2.75, 3.05) is 0 Å². The van der Waals surface area contributed by atoms with Gasteiger partial charge in [-0.3, -0.25) is 0 Å². The molecule has 0 aliphatic heterocycles. The second-order valence-corrected chi connectivity index (χ2v) is 12.0. The molecule has 0 N–H and O–H groups in total. The van der Waals surface area contributed by atoms with Crippen LogP contribution in [0.1, 0.15) is 41.1 Å². The van der Waals surface area contributed by atoms with Gasteiger partial charge in [-0.05, 0) is 125 Å². The number of hydrogen-bond acceptors (Lipinski definition) is 2. The number of hydrogen-bond donors (Lipinski definition) is 0. The number of benzene rings is 10. The molecule has 12 rings (SSSR count). The van der Waals surface area contributed by atoms with E-state index in [0.29, 0.717) is 0 Å². The summed E-state index contributed by atoms with van der Waals surface area (Å²) < 4.78 is 287. The van der Waals surface area contributed by atoms with Gasteiger partial charge in [-0.1, -0.05) is 133 Å². The van der Waals surface area contributed by atoms with Crippen LogP contribution < -0.4 is 0 Å². The summed E-state index contributed by atoms with van der Waals surface area (Å²) >= 11 is 0. The normalized spacial score (nSPS) is 19.9. The molecule has 0 radical (unpaired) electrons. The molecule has 2 aromatic heterocycles. The van der Waals surface area contributed by atoms with Crippen LogP contribution >= 0.6 is 0 Å². The van der Waals surface area contributed by atoms with Gasteiger partial charge in [-0.25, -0.2) is 0 Å². The summed E-state index contributed by atoms with van der Waals surface area (Å²) in [5.74, 6) is 0. The Bertz CT molecular complexity index is 5250. The van der Waals surface area contributed by atoms with E-state index in [0.717, 1.165) is 0 Å². The van der Waals surface area contributed by atoms with Crippen molar-refractivity contribution in [3.63, 3.8) is 0 Å². The molecule has 54 heavy (non-hydrogen) atoms.